The molecule has 1 aromatic heterocycles. The molecule has 0 saturated carbocycles. The second kappa shape index (κ2) is 3.51. The maximum Gasteiger partial charge on any atom is 0.277 e. The summed E-state index contributed by atoms with van der Waals surface area (Å²) in [4.78, 5) is 15.2. The third-order valence-corrected chi connectivity index (χ3v) is 3.12. The first-order valence-corrected chi connectivity index (χ1v) is 5.18. The summed E-state index contributed by atoms with van der Waals surface area (Å²) < 4.78 is 6.05. The molecule has 4 nitrogen and oxygen atoms in total. The van der Waals surface area contributed by atoms with Gasteiger partial charge in [-0.3, -0.25) is 4.79 Å². The predicted molar refractivity (Wildman–Crippen MR) is 59.4 cm³/mol. The molecule has 15 heavy (non-hydrogen) atoms. The third kappa shape index (κ3) is 1.66. The lowest BCUT2D eigenvalue weighted by atomic mass is 10.2. The zero-order valence-electron chi connectivity index (χ0n) is 8.40. The van der Waals surface area contributed by atoms with Gasteiger partial charge in [0.2, 0.25) is 0 Å². The van der Waals surface area contributed by atoms with E-state index in [1.165, 1.54) is 11.3 Å². The zero-order chi connectivity index (χ0) is 11.0. The molecule has 0 aliphatic carbocycles. The largest absolute Gasteiger partial charge is 0.497 e. The summed E-state index contributed by atoms with van der Waals surface area (Å²) in [6.45, 7) is 1.93. The van der Waals surface area contributed by atoms with Crippen molar-refractivity contribution in [1.29, 1.82) is 0 Å². The van der Waals surface area contributed by atoms with Crippen molar-refractivity contribution < 1.29 is 9.53 Å². The Hall–Kier alpha value is -1.62. The number of aromatic nitrogens is 1. The van der Waals surface area contributed by atoms with Gasteiger partial charge in [-0.15, -0.1) is 11.3 Å². The van der Waals surface area contributed by atoms with Crippen LogP contribution in [0.3, 0.4) is 0 Å². The summed E-state index contributed by atoms with van der Waals surface area (Å²) in [6.07, 6.45) is 0. The summed E-state index contributed by atoms with van der Waals surface area (Å²) >= 11 is 1.28. The molecule has 2 rings (SSSR count). The van der Waals surface area contributed by atoms with Gasteiger partial charge in [0.15, 0.2) is 5.01 Å². The van der Waals surface area contributed by atoms with Crippen LogP contribution in [0, 0.1) is 6.92 Å². The van der Waals surface area contributed by atoms with Gasteiger partial charge >= 0.3 is 0 Å². The van der Waals surface area contributed by atoms with Crippen LogP contribution in [0.15, 0.2) is 12.1 Å². The topological polar surface area (TPSA) is 65.2 Å². The minimum Gasteiger partial charge on any atom is -0.497 e. The monoisotopic (exact) mass is 222 g/mol. The molecule has 0 atom stereocenters. The second-order valence-corrected chi connectivity index (χ2v) is 4.20. The Kier molecular flexibility index (Phi) is 2.32. The Morgan fingerprint density at radius 1 is 1.53 bits per heavy atom. The van der Waals surface area contributed by atoms with Gasteiger partial charge in [-0.05, 0) is 24.6 Å². The van der Waals surface area contributed by atoms with Crippen LogP contribution in [0.1, 0.15) is 15.4 Å². The highest BCUT2D eigenvalue weighted by Gasteiger charge is 2.11. The number of hydrogen-bond acceptors (Lipinski definition) is 4. The minimum absolute atomic E-state index is 0.335. The lowest BCUT2D eigenvalue weighted by Gasteiger charge is -2.00. The molecule has 0 spiro atoms. The summed E-state index contributed by atoms with van der Waals surface area (Å²) in [5.74, 6) is 0.272. The molecule has 0 fully saturated rings. The number of carbonyl (C=O) groups excluding carboxylic acids is 1. The molecule has 5 heteroatoms. The number of amides is 1. The number of aryl methyl sites for hydroxylation is 1. The van der Waals surface area contributed by atoms with Crippen LogP contribution in [0.2, 0.25) is 0 Å². The van der Waals surface area contributed by atoms with Crippen molar-refractivity contribution in [1.82, 2.24) is 4.98 Å². The molecular formula is C10H10N2O2S. The van der Waals surface area contributed by atoms with E-state index < -0.39 is 5.91 Å². The number of hydrogen-bond donors (Lipinski definition) is 1. The number of methoxy groups -OCH3 is 1. The number of fused-ring (bicyclic) bond motifs is 1. The summed E-state index contributed by atoms with van der Waals surface area (Å²) in [7, 11) is 1.61. The van der Waals surface area contributed by atoms with Crippen molar-refractivity contribution in [2.24, 2.45) is 5.73 Å². The van der Waals surface area contributed by atoms with Crippen LogP contribution in [0.4, 0.5) is 0 Å². The molecule has 2 N–H and O–H groups in total. The molecule has 1 amide bonds. The number of primary amides is 1. The minimum atomic E-state index is -0.491. The van der Waals surface area contributed by atoms with Gasteiger partial charge in [-0.25, -0.2) is 4.98 Å². The van der Waals surface area contributed by atoms with E-state index in [2.05, 4.69) is 4.98 Å². The summed E-state index contributed by atoms with van der Waals surface area (Å²) in [5, 5.41) is 0.335. The lowest BCUT2D eigenvalue weighted by Crippen LogP contribution is -2.09. The van der Waals surface area contributed by atoms with Crippen LogP contribution >= 0.6 is 11.3 Å². The molecule has 1 aromatic carbocycles. The third-order valence-electron chi connectivity index (χ3n) is 2.11. The number of thiazole rings is 1. The van der Waals surface area contributed by atoms with E-state index in [1.807, 2.05) is 19.1 Å². The fraction of sp³-hybridized carbons (Fsp3) is 0.200. The van der Waals surface area contributed by atoms with Crippen LogP contribution in [0.25, 0.3) is 10.2 Å². The van der Waals surface area contributed by atoms with Gasteiger partial charge < -0.3 is 10.5 Å². The van der Waals surface area contributed by atoms with Crippen LogP contribution < -0.4 is 10.5 Å². The molecule has 1 heterocycles. The summed E-state index contributed by atoms with van der Waals surface area (Å²) in [6, 6.07) is 3.74. The Morgan fingerprint density at radius 3 is 2.87 bits per heavy atom. The molecule has 0 unspecified atom stereocenters. The highest BCUT2D eigenvalue weighted by Crippen LogP contribution is 2.29. The highest BCUT2D eigenvalue weighted by atomic mass is 32.1. The summed E-state index contributed by atoms with van der Waals surface area (Å²) in [5.41, 5.74) is 6.97. The smallest absolute Gasteiger partial charge is 0.277 e. The van der Waals surface area contributed by atoms with E-state index in [0.29, 0.717) is 5.01 Å². The average Bonchev–Trinajstić information content (AvgIpc) is 2.61. The maximum absolute atomic E-state index is 11.0. The number of benzene rings is 1. The normalized spacial score (nSPS) is 10.5. The molecule has 0 bridgehead atoms. The maximum atomic E-state index is 11.0. The first-order valence-electron chi connectivity index (χ1n) is 4.37. The van der Waals surface area contributed by atoms with E-state index in [0.717, 1.165) is 21.5 Å². The lowest BCUT2D eigenvalue weighted by molar-refractivity contribution is 0.1000. The van der Waals surface area contributed by atoms with Crippen LogP contribution in [0.5, 0.6) is 5.75 Å². The Bertz CT molecular complexity index is 533. The molecule has 78 valence electrons. The van der Waals surface area contributed by atoms with Gasteiger partial charge in [0.05, 0.1) is 17.3 Å². The van der Waals surface area contributed by atoms with Crippen molar-refractivity contribution in [3.63, 3.8) is 0 Å². The average molecular weight is 222 g/mol. The second-order valence-electron chi connectivity index (χ2n) is 3.17. The quantitative estimate of drug-likeness (QED) is 0.841. The highest BCUT2D eigenvalue weighted by molar-refractivity contribution is 7.20. The van der Waals surface area contributed by atoms with E-state index >= 15 is 0 Å². The Morgan fingerprint density at radius 2 is 2.27 bits per heavy atom. The van der Waals surface area contributed by atoms with Crippen molar-refractivity contribution >= 4 is 27.5 Å². The van der Waals surface area contributed by atoms with Gasteiger partial charge in [0, 0.05) is 0 Å². The van der Waals surface area contributed by atoms with Crippen molar-refractivity contribution in [3.8, 4) is 5.75 Å². The molecule has 0 saturated heterocycles. The number of carbonyl (C=O) groups is 1. The van der Waals surface area contributed by atoms with E-state index in [4.69, 9.17) is 10.5 Å². The zero-order valence-corrected chi connectivity index (χ0v) is 9.22. The first kappa shape index (κ1) is 9.92. The van der Waals surface area contributed by atoms with Gasteiger partial charge in [-0.2, -0.15) is 0 Å². The van der Waals surface area contributed by atoms with Crippen LogP contribution in [-0.4, -0.2) is 18.0 Å². The molecule has 2 aromatic rings. The van der Waals surface area contributed by atoms with Crippen molar-refractivity contribution in [3.05, 3.63) is 22.7 Å². The van der Waals surface area contributed by atoms with Gasteiger partial charge in [0.25, 0.3) is 5.91 Å². The standard InChI is InChI=1S/C10H10N2O2S/c1-5-3-6(14-2)4-7-8(5)12-10(15-7)9(11)13/h3-4H,1-2H3,(H2,11,13). The fourth-order valence-corrected chi connectivity index (χ4v) is 2.31. The van der Waals surface area contributed by atoms with Gasteiger partial charge in [-0.1, -0.05) is 0 Å². The van der Waals surface area contributed by atoms with Gasteiger partial charge in [0.1, 0.15) is 5.75 Å². The van der Waals surface area contributed by atoms with E-state index in [1.54, 1.807) is 7.11 Å². The van der Waals surface area contributed by atoms with Crippen molar-refractivity contribution in [2.75, 3.05) is 7.11 Å². The number of ether oxygens (including phenoxy) is 1. The molecule has 0 aliphatic heterocycles. The first-order chi connectivity index (χ1) is 7.11. The molecule has 0 aliphatic rings. The van der Waals surface area contributed by atoms with E-state index in [-0.39, 0.29) is 0 Å². The molecular weight excluding hydrogens is 212 g/mol. The Balaban J connectivity index is 2.69. The fourth-order valence-electron chi connectivity index (χ4n) is 1.39. The number of rotatable bonds is 2. The predicted octanol–water partition coefficient (Wildman–Crippen LogP) is 1.71. The Labute approximate surface area is 90.7 Å². The van der Waals surface area contributed by atoms with Crippen molar-refractivity contribution in [2.45, 2.75) is 6.92 Å². The van der Waals surface area contributed by atoms with Crippen LogP contribution in [-0.2, 0) is 0 Å². The molecule has 0 radical (unpaired) electrons. The van der Waals surface area contributed by atoms with E-state index in [9.17, 15) is 4.79 Å². The number of nitrogens with zero attached hydrogens (tertiary/aromatic N) is 1. The number of nitrogens with two attached hydrogens (primary N) is 1. The SMILES string of the molecule is COc1cc(C)c2nc(C(N)=O)sc2c1.